The summed E-state index contributed by atoms with van der Waals surface area (Å²) < 4.78 is 13.1. The van der Waals surface area contributed by atoms with E-state index < -0.39 is 22.5 Å². The van der Waals surface area contributed by atoms with Gasteiger partial charge >= 0.3 is 0 Å². The number of benzene rings is 1. The van der Waals surface area contributed by atoms with Gasteiger partial charge in [-0.1, -0.05) is 76.7 Å². The number of hydrogen-bond acceptors (Lipinski definition) is 3. The summed E-state index contributed by atoms with van der Waals surface area (Å²) in [5.41, 5.74) is 6.05. The summed E-state index contributed by atoms with van der Waals surface area (Å²) in [5.74, 6) is 6.09. The number of aliphatic hydroxyl groups excluding tert-OH is 1. The van der Waals surface area contributed by atoms with E-state index in [0.717, 1.165) is 11.1 Å². The van der Waals surface area contributed by atoms with Crippen LogP contribution in [0.5, 0.6) is 0 Å². The lowest BCUT2D eigenvalue weighted by molar-refractivity contribution is 0.0398. The van der Waals surface area contributed by atoms with Crippen LogP contribution in [0.4, 0.5) is 0 Å². The molecule has 0 saturated carbocycles. The van der Waals surface area contributed by atoms with Crippen LogP contribution in [0.25, 0.3) is 0 Å². The minimum atomic E-state index is -2.08. The summed E-state index contributed by atoms with van der Waals surface area (Å²) in [6.07, 6.45) is -0.969. The van der Waals surface area contributed by atoms with E-state index in [-0.39, 0.29) is 17.2 Å². The quantitative estimate of drug-likeness (QED) is 0.388. The molecule has 32 heavy (non-hydrogen) atoms. The molecule has 1 aliphatic carbocycles. The molecule has 0 unspecified atom stereocenters. The maximum Gasteiger partial charge on any atom is 0.192 e. The Morgan fingerprint density at radius 3 is 2.25 bits per heavy atom. The molecule has 0 aliphatic heterocycles. The molecule has 0 fully saturated rings. The highest BCUT2D eigenvalue weighted by Crippen LogP contribution is 2.42. The predicted molar refractivity (Wildman–Crippen MR) is 139 cm³/mol. The predicted octanol–water partition coefficient (Wildman–Crippen LogP) is 6.10. The van der Waals surface area contributed by atoms with Gasteiger partial charge in [-0.15, -0.1) is 5.54 Å². The van der Waals surface area contributed by atoms with E-state index in [0.29, 0.717) is 18.6 Å². The Morgan fingerprint density at radius 1 is 1.09 bits per heavy atom. The molecule has 1 N–H and O–H groups in total. The Labute approximate surface area is 201 Å². The van der Waals surface area contributed by atoms with Gasteiger partial charge in [0.15, 0.2) is 8.32 Å². The SMILES string of the molecule is CC(C)(C)[Si](C)(C)O[C@@H]1C[C@@H](OCc2ccccc2)C([C@H](O)C#CCl)=C1C#C[Si](C)(C)C. The Bertz CT molecular complexity index is 935. The van der Waals surface area contributed by atoms with Crippen molar-refractivity contribution in [2.75, 3.05) is 0 Å². The third-order valence-electron chi connectivity index (χ3n) is 6.00. The molecule has 0 saturated heterocycles. The molecule has 0 radical (unpaired) electrons. The Hall–Kier alpha value is -1.32. The largest absolute Gasteiger partial charge is 0.409 e. The minimum absolute atomic E-state index is 0.0576. The van der Waals surface area contributed by atoms with Crippen LogP contribution >= 0.6 is 11.6 Å². The van der Waals surface area contributed by atoms with Gasteiger partial charge in [-0.05, 0) is 41.2 Å². The normalized spacial score (nSPS) is 20.3. The van der Waals surface area contributed by atoms with Crippen molar-refractivity contribution in [1.82, 2.24) is 0 Å². The first-order valence-electron chi connectivity index (χ1n) is 11.1. The van der Waals surface area contributed by atoms with Crippen LogP contribution in [0, 0.1) is 22.8 Å². The zero-order valence-electron chi connectivity index (χ0n) is 20.7. The lowest BCUT2D eigenvalue weighted by atomic mass is 10.0. The van der Waals surface area contributed by atoms with Crippen molar-refractivity contribution in [3.63, 3.8) is 0 Å². The van der Waals surface area contributed by atoms with Crippen molar-refractivity contribution in [2.45, 2.75) is 89.9 Å². The Morgan fingerprint density at radius 2 is 1.72 bits per heavy atom. The average Bonchev–Trinajstić information content (AvgIpc) is 3.01. The van der Waals surface area contributed by atoms with Gasteiger partial charge in [-0.2, -0.15) is 0 Å². The zero-order chi connectivity index (χ0) is 24.2. The Kier molecular flexibility index (Phi) is 9.04. The first-order valence-corrected chi connectivity index (χ1v) is 17.9. The van der Waals surface area contributed by atoms with Crippen LogP contribution in [0.1, 0.15) is 32.8 Å². The molecule has 3 atom stereocenters. The van der Waals surface area contributed by atoms with Crippen molar-refractivity contribution >= 4 is 28.0 Å². The highest BCUT2D eigenvalue weighted by atomic mass is 35.5. The Balaban J connectivity index is 2.49. The number of hydrogen-bond donors (Lipinski definition) is 1. The second kappa shape index (κ2) is 10.7. The molecule has 1 aromatic rings. The van der Waals surface area contributed by atoms with E-state index in [9.17, 15) is 5.11 Å². The van der Waals surface area contributed by atoms with Crippen LogP contribution in [0.15, 0.2) is 41.5 Å². The summed E-state index contributed by atoms with van der Waals surface area (Å²) in [5, 5.41) is 13.3. The van der Waals surface area contributed by atoms with Gasteiger partial charge in [0.2, 0.25) is 0 Å². The topological polar surface area (TPSA) is 38.7 Å². The smallest absolute Gasteiger partial charge is 0.192 e. The first-order chi connectivity index (χ1) is 14.7. The monoisotopic (exact) mass is 488 g/mol. The third-order valence-corrected chi connectivity index (χ3v) is 11.5. The van der Waals surface area contributed by atoms with Gasteiger partial charge in [-0.3, -0.25) is 0 Å². The lowest BCUT2D eigenvalue weighted by Crippen LogP contribution is -2.44. The second-order valence-electron chi connectivity index (χ2n) is 10.9. The number of ether oxygens (including phenoxy) is 1. The summed E-state index contributed by atoms with van der Waals surface area (Å²) >= 11 is 5.66. The average molecular weight is 489 g/mol. The zero-order valence-corrected chi connectivity index (χ0v) is 23.4. The van der Waals surface area contributed by atoms with Gasteiger partial charge in [0.25, 0.3) is 0 Å². The van der Waals surface area contributed by atoms with E-state index >= 15 is 0 Å². The van der Waals surface area contributed by atoms with Crippen molar-refractivity contribution in [1.29, 1.82) is 0 Å². The summed E-state index contributed by atoms with van der Waals surface area (Å²) in [6, 6.07) is 10.0. The molecule has 0 bridgehead atoms. The van der Waals surface area contributed by atoms with Crippen LogP contribution in [0.3, 0.4) is 0 Å². The van der Waals surface area contributed by atoms with Crippen LogP contribution in [0.2, 0.25) is 37.8 Å². The molecular formula is C26H37ClO3Si2. The van der Waals surface area contributed by atoms with Crippen molar-refractivity contribution in [3.8, 4) is 22.8 Å². The molecular weight excluding hydrogens is 452 g/mol. The second-order valence-corrected chi connectivity index (χ2v) is 20.6. The summed E-state index contributed by atoms with van der Waals surface area (Å²) in [7, 11) is -3.73. The fourth-order valence-electron chi connectivity index (χ4n) is 3.23. The fraction of sp³-hybridized carbons (Fsp3) is 0.538. The molecule has 0 aromatic heterocycles. The van der Waals surface area contributed by atoms with Gasteiger partial charge < -0.3 is 14.3 Å². The number of halogens is 1. The van der Waals surface area contributed by atoms with E-state index in [2.05, 4.69) is 76.3 Å². The molecule has 2 rings (SSSR count). The molecule has 1 aromatic carbocycles. The molecule has 0 heterocycles. The van der Waals surface area contributed by atoms with Gasteiger partial charge in [0.1, 0.15) is 14.2 Å². The maximum atomic E-state index is 10.9. The molecule has 0 amide bonds. The number of rotatable bonds is 6. The fourth-order valence-corrected chi connectivity index (χ4v) is 5.12. The van der Waals surface area contributed by atoms with Crippen LogP contribution < -0.4 is 0 Å². The highest BCUT2D eigenvalue weighted by Gasteiger charge is 2.44. The van der Waals surface area contributed by atoms with Gasteiger partial charge in [0.05, 0.1) is 18.8 Å². The van der Waals surface area contributed by atoms with E-state index in [4.69, 9.17) is 20.8 Å². The summed E-state index contributed by atoms with van der Waals surface area (Å²) in [4.78, 5) is 0. The van der Waals surface area contributed by atoms with Crippen LogP contribution in [-0.4, -0.2) is 39.8 Å². The van der Waals surface area contributed by atoms with Crippen molar-refractivity contribution < 1.29 is 14.3 Å². The first kappa shape index (κ1) is 26.9. The standard InChI is InChI=1S/C26H37ClO3Si2/c1-26(2,3)32(7,8)30-23-18-24(29-19-20-12-10-9-11-13-20)25(22(28)14-16-27)21(23)15-17-31(4,5)6/h9-13,22-24,28H,18-19H2,1-8H3/t22-,23-,24-/m1/s1. The molecule has 3 nitrogen and oxygen atoms in total. The van der Waals surface area contributed by atoms with E-state index in [1.165, 1.54) is 0 Å². The van der Waals surface area contributed by atoms with Crippen molar-refractivity contribution in [2.24, 2.45) is 0 Å². The van der Waals surface area contributed by atoms with Gasteiger partial charge in [0, 0.05) is 22.9 Å². The highest BCUT2D eigenvalue weighted by molar-refractivity contribution is 6.83. The molecule has 6 heteroatoms. The lowest BCUT2D eigenvalue weighted by Gasteiger charge is -2.38. The van der Waals surface area contributed by atoms with Crippen molar-refractivity contribution in [3.05, 3.63) is 47.0 Å². The van der Waals surface area contributed by atoms with E-state index in [1.54, 1.807) is 0 Å². The maximum absolute atomic E-state index is 10.9. The summed E-state index contributed by atoms with van der Waals surface area (Å²) in [6.45, 7) is 18.2. The molecule has 174 valence electrons. The van der Waals surface area contributed by atoms with Crippen LogP contribution in [-0.2, 0) is 15.8 Å². The third kappa shape index (κ3) is 7.35. The molecule has 0 spiro atoms. The molecule has 1 aliphatic rings. The van der Waals surface area contributed by atoms with E-state index in [1.807, 2.05) is 30.3 Å². The number of aliphatic hydroxyl groups is 1. The minimum Gasteiger partial charge on any atom is -0.409 e. The van der Waals surface area contributed by atoms with Gasteiger partial charge in [-0.25, -0.2) is 0 Å².